The van der Waals surface area contributed by atoms with E-state index in [9.17, 15) is 0 Å². The van der Waals surface area contributed by atoms with Gasteiger partial charge in [0.1, 0.15) is 0 Å². The molecule has 0 saturated carbocycles. The summed E-state index contributed by atoms with van der Waals surface area (Å²) in [5, 5.41) is 1.51. The summed E-state index contributed by atoms with van der Waals surface area (Å²) >= 11 is 0. The molecule has 66 valence electrons. The molecule has 0 unspecified atom stereocenters. The number of nitrogens with zero attached hydrogens (tertiary/aromatic N) is 2. The van der Waals surface area contributed by atoms with E-state index in [2.05, 4.69) is 39.9 Å². The molecule has 1 heterocycles. The predicted molar refractivity (Wildman–Crippen MR) is 56.8 cm³/mol. The SMILES string of the molecule is c1ccc([SiH2]Cn2ccnc2)cc1. The predicted octanol–water partition coefficient (Wildman–Crippen LogP) is 0.335. The van der Waals surface area contributed by atoms with Gasteiger partial charge >= 0.3 is 0 Å². The van der Waals surface area contributed by atoms with Gasteiger partial charge in [-0.15, -0.1) is 0 Å². The van der Waals surface area contributed by atoms with Gasteiger partial charge in [0.2, 0.25) is 0 Å². The highest BCUT2D eigenvalue weighted by Gasteiger charge is 1.93. The second-order valence-electron chi connectivity index (χ2n) is 3.04. The van der Waals surface area contributed by atoms with Crippen LogP contribution in [0, 0.1) is 0 Å². The minimum atomic E-state index is -0.157. The molecule has 0 radical (unpaired) electrons. The number of rotatable bonds is 3. The average Bonchev–Trinajstić information content (AvgIpc) is 2.69. The molecule has 0 amide bonds. The van der Waals surface area contributed by atoms with E-state index in [1.165, 1.54) is 5.19 Å². The molecule has 2 nitrogen and oxygen atoms in total. The summed E-state index contributed by atoms with van der Waals surface area (Å²) in [6.45, 7) is 0. The van der Waals surface area contributed by atoms with Gasteiger partial charge in [0, 0.05) is 18.6 Å². The van der Waals surface area contributed by atoms with Crippen molar-refractivity contribution in [3.63, 3.8) is 0 Å². The Bertz CT molecular complexity index is 342. The fourth-order valence-electron chi connectivity index (χ4n) is 1.32. The zero-order valence-corrected chi connectivity index (χ0v) is 8.84. The molecule has 0 saturated heterocycles. The highest BCUT2D eigenvalue weighted by molar-refractivity contribution is 6.52. The maximum Gasteiger partial charge on any atom is 0.0942 e. The van der Waals surface area contributed by atoms with Crippen LogP contribution in [-0.2, 0) is 6.17 Å². The van der Waals surface area contributed by atoms with Crippen LogP contribution in [0.4, 0.5) is 0 Å². The van der Waals surface area contributed by atoms with Crippen molar-refractivity contribution in [3.05, 3.63) is 49.1 Å². The molecule has 0 atom stereocenters. The first-order chi connectivity index (χ1) is 6.45. The van der Waals surface area contributed by atoms with Gasteiger partial charge in [-0.3, -0.25) is 0 Å². The Morgan fingerprint density at radius 3 is 2.77 bits per heavy atom. The highest BCUT2D eigenvalue weighted by Crippen LogP contribution is 1.86. The van der Waals surface area contributed by atoms with Crippen molar-refractivity contribution >= 4 is 14.7 Å². The minimum absolute atomic E-state index is 0.157. The van der Waals surface area contributed by atoms with E-state index >= 15 is 0 Å². The van der Waals surface area contributed by atoms with Crippen molar-refractivity contribution in [2.24, 2.45) is 0 Å². The first-order valence-electron chi connectivity index (χ1n) is 4.45. The van der Waals surface area contributed by atoms with Crippen molar-refractivity contribution in [1.82, 2.24) is 9.55 Å². The molecule has 2 rings (SSSR count). The standard InChI is InChI=1S/C10H12N2Si/c1-2-4-10(5-3-1)13-9-12-7-6-11-8-12/h1-8H,9,13H2. The van der Waals surface area contributed by atoms with Crippen LogP contribution in [0.1, 0.15) is 0 Å². The molecule has 3 heteroatoms. The third-order valence-corrected chi connectivity index (χ3v) is 3.85. The summed E-state index contributed by atoms with van der Waals surface area (Å²) in [5.41, 5.74) is 0. The fraction of sp³-hybridized carbons (Fsp3) is 0.100. The van der Waals surface area contributed by atoms with Gasteiger partial charge in [-0.2, -0.15) is 0 Å². The van der Waals surface area contributed by atoms with E-state index in [1.54, 1.807) is 0 Å². The molecule has 0 spiro atoms. The van der Waals surface area contributed by atoms with Gasteiger partial charge in [-0.05, 0) is 0 Å². The second-order valence-corrected chi connectivity index (χ2v) is 4.80. The van der Waals surface area contributed by atoms with Crippen molar-refractivity contribution in [1.29, 1.82) is 0 Å². The normalized spacial score (nSPS) is 11.1. The quantitative estimate of drug-likeness (QED) is 0.635. The molecule has 13 heavy (non-hydrogen) atoms. The lowest BCUT2D eigenvalue weighted by atomic mass is 10.4. The molecular weight excluding hydrogens is 176 g/mol. The van der Waals surface area contributed by atoms with Crippen LogP contribution in [0.5, 0.6) is 0 Å². The number of hydrogen-bond donors (Lipinski definition) is 0. The van der Waals surface area contributed by atoms with Crippen LogP contribution in [0.15, 0.2) is 49.1 Å². The molecule has 0 fully saturated rings. The van der Waals surface area contributed by atoms with Crippen LogP contribution < -0.4 is 5.19 Å². The van der Waals surface area contributed by atoms with Crippen LogP contribution in [0.25, 0.3) is 0 Å². The average molecular weight is 188 g/mol. The number of aromatic nitrogens is 2. The largest absolute Gasteiger partial charge is 0.341 e. The molecule has 1 aromatic carbocycles. The molecule has 0 N–H and O–H groups in total. The smallest absolute Gasteiger partial charge is 0.0942 e. The van der Waals surface area contributed by atoms with Crippen molar-refractivity contribution in [2.75, 3.05) is 0 Å². The van der Waals surface area contributed by atoms with E-state index in [1.807, 2.05) is 18.7 Å². The van der Waals surface area contributed by atoms with E-state index < -0.39 is 0 Å². The Morgan fingerprint density at radius 2 is 2.08 bits per heavy atom. The number of imidazole rings is 1. The summed E-state index contributed by atoms with van der Waals surface area (Å²) in [6, 6.07) is 10.7. The van der Waals surface area contributed by atoms with E-state index in [-0.39, 0.29) is 9.52 Å². The van der Waals surface area contributed by atoms with Gasteiger partial charge in [-0.1, -0.05) is 35.5 Å². The van der Waals surface area contributed by atoms with Crippen molar-refractivity contribution in [3.8, 4) is 0 Å². The number of hydrogen-bond acceptors (Lipinski definition) is 1. The van der Waals surface area contributed by atoms with Gasteiger partial charge in [0.05, 0.1) is 15.8 Å². The van der Waals surface area contributed by atoms with Crippen LogP contribution in [-0.4, -0.2) is 19.1 Å². The van der Waals surface area contributed by atoms with Crippen molar-refractivity contribution < 1.29 is 0 Å². The molecule has 0 bridgehead atoms. The van der Waals surface area contributed by atoms with Crippen LogP contribution in [0.3, 0.4) is 0 Å². The lowest BCUT2D eigenvalue weighted by Crippen LogP contribution is -2.18. The zero-order chi connectivity index (χ0) is 8.93. The lowest BCUT2D eigenvalue weighted by molar-refractivity contribution is 0.875. The maximum atomic E-state index is 4.02. The molecule has 0 aliphatic heterocycles. The van der Waals surface area contributed by atoms with Crippen LogP contribution >= 0.6 is 0 Å². The monoisotopic (exact) mass is 188 g/mol. The molecule has 0 aliphatic carbocycles. The van der Waals surface area contributed by atoms with Gasteiger partial charge < -0.3 is 4.57 Å². The third kappa shape index (κ3) is 2.29. The Kier molecular flexibility index (Phi) is 2.57. The maximum absolute atomic E-state index is 4.02. The summed E-state index contributed by atoms with van der Waals surface area (Å²) in [6.07, 6.45) is 6.88. The number of benzene rings is 1. The molecule has 2 aromatic rings. The van der Waals surface area contributed by atoms with E-state index in [4.69, 9.17) is 0 Å². The second kappa shape index (κ2) is 4.05. The Labute approximate surface area is 80.1 Å². The van der Waals surface area contributed by atoms with Gasteiger partial charge in [0.15, 0.2) is 0 Å². The van der Waals surface area contributed by atoms with Crippen molar-refractivity contribution in [2.45, 2.75) is 6.17 Å². The minimum Gasteiger partial charge on any atom is -0.341 e. The van der Waals surface area contributed by atoms with Gasteiger partial charge in [0.25, 0.3) is 0 Å². The summed E-state index contributed by atoms with van der Waals surface area (Å²) in [5.74, 6) is 0. The highest BCUT2D eigenvalue weighted by atomic mass is 28.2. The van der Waals surface area contributed by atoms with Gasteiger partial charge in [-0.25, -0.2) is 4.98 Å². The molecule has 1 aromatic heterocycles. The topological polar surface area (TPSA) is 17.8 Å². The fourth-order valence-corrected chi connectivity index (χ4v) is 2.71. The zero-order valence-electron chi connectivity index (χ0n) is 7.43. The first-order valence-corrected chi connectivity index (χ1v) is 6.15. The molecular formula is C10H12N2Si. The summed E-state index contributed by atoms with van der Waals surface area (Å²) in [4.78, 5) is 4.02. The molecule has 0 aliphatic rings. The lowest BCUT2D eigenvalue weighted by Gasteiger charge is -2.00. The Hall–Kier alpha value is -1.35. The summed E-state index contributed by atoms with van der Waals surface area (Å²) < 4.78 is 2.15. The Balaban J connectivity index is 1.94. The first kappa shape index (κ1) is 8.25. The summed E-state index contributed by atoms with van der Waals surface area (Å²) in [7, 11) is -0.157. The van der Waals surface area contributed by atoms with E-state index in [0.29, 0.717) is 0 Å². The van der Waals surface area contributed by atoms with Crippen LogP contribution in [0.2, 0.25) is 0 Å². The Morgan fingerprint density at radius 1 is 1.23 bits per heavy atom. The third-order valence-electron chi connectivity index (χ3n) is 2.06. The van der Waals surface area contributed by atoms with E-state index in [0.717, 1.165) is 6.17 Å².